The average Bonchev–Trinajstić information content (AvgIpc) is 2.24. The normalized spacial score (nSPS) is 10.8. The SMILES string of the molecule is Cc1cc(F)c(-c2cc(F)c(C)c(Cl)c2)c(F)c1. The van der Waals surface area contributed by atoms with E-state index < -0.39 is 17.5 Å². The van der Waals surface area contributed by atoms with Crippen LogP contribution in [-0.2, 0) is 0 Å². The third kappa shape index (κ3) is 2.23. The van der Waals surface area contributed by atoms with Gasteiger partial charge in [0.05, 0.1) is 5.56 Å². The second-order valence-corrected chi connectivity index (χ2v) is 4.58. The van der Waals surface area contributed by atoms with Crippen molar-refractivity contribution in [3.63, 3.8) is 0 Å². The first kappa shape index (κ1) is 13.0. The maximum atomic E-state index is 13.8. The number of halogens is 4. The highest BCUT2D eigenvalue weighted by Crippen LogP contribution is 2.31. The van der Waals surface area contributed by atoms with Crippen molar-refractivity contribution in [2.24, 2.45) is 0 Å². The Kier molecular flexibility index (Phi) is 3.35. The molecule has 0 fully saturated rings. The zero-order valence-corrected chi connectivity index (χ0v) is 10.6. The van der Waals surface area contributed by atoms with E-state index in [9.17, 15) is 13.2 Å². The van der Waals surface area contributed by atoms with Crippen molar-refractivity contribution in [1.82, 2.24) is 0 Å². The van der Waals surface area contributed by atoms with Gasteiger partial charge in [0, 0.05) is 10.6 Å². The van der Waals surface area contributed by atoms with E-state index in [1.54, 1.807) is 6.92 Å². The van der Waals surface area contributed by atoms with E-state index in [1.807, 2.05) is 0 Å². The molecule has 2 aromatic carbocycles. The first-order chi connectivity index (χ1) is 8.40. The van der Waals surface area contributed by atoms with Crippen molar-refractivity contribution in [2.45, 2.75) is 13.8 Å². The number of rotatable bonds is 1. The van der Waals surface area contributed by atoms with Crippen molar-refractivity contribution in [3.05, 3.63) is 57.9 Å². The predicted molar refractivity (Wildman–Crippen MR) is 66.2 cm³/mol. The Morgan fingerprint density at radius 3 is 1.89 bits per heavy atom. The summed E-state index contributed by atoms with van der Waals surface area (Å²) in [5.74, 6) is -2.05. The molecule has 4 heteroatoms. The summed E-state index contributed by atoms with van der Waals surface area (Å²) in [5, 5.41) is 0.143. The summed E-state index contributed by atoms with van der Waals surface area (Å²) in [7, 11) is 0. The Labute approximate surface area is 108 Å². The lowest BCUT2D eigenvalue weighted by Gasteiger charge is -2.09. The van der Waals surface area contributed by atoms with Crippen molar-refractivity contribution < 1.29 is 13.2 Å². The Balaban J connectivity index is 2.70. The van der Waals surface area contributed by atoms with Gasteiger partial charge in [-0.05, 0) is 49.2 Å². The van der Waals surface area contributed by atoms with Gasteiger partial charge in [-0.15, -0.1) is 0 Å². The summed E-state index contributed by atoms with van der Waals surface area (Å²) < 4.78 is 41.0. The molecule has 0 aliphatic heterocycles. The molecule has 0 unspecified atom stereocenters. The highest BCUT2D eigenvalue weighted by molar-refractivity contribution is 6.31. The van der Waals surface area contributed by atoms with Crippen LogP contribution in [0.15, 0.2) is 24.3 Å². The fourth-order valence-electron chi connectivity index (χ4n) is 1.77. The highest BCUT2D eigenvalue weighted by atomic mass is 35.5. The summed E-state index contributed by atoms with van der Waals surface area (Å²) in [6.45, 7) is 3.09. The van der Waals surface area contributed by atoms with Crippen LogP contribution in [0.4, 0.5) is 13.2 Å². The fraction of sp³-hybridized carbons (Fsp3) is 0.143. The van der Waals surface area contributed by atoms with Gasteiger partial charge in [-0.2, -0.15) is 0 Å². The molecule has 2 rings (SSSR count). The fourth-order valence-corrected chi connectivity index (χ4v) is 1.97. The van der Waals surface area contributed by atoms with Gasteiger partial charge in [-0.3, -0.25) is 0 Å². The Bertz CT molecular complexity index is 574. The minimum atomic E-state index is -0.730. The van der Waals surface area contributed by atoms with Crippen molar-refractivity contribution in [2.75, 3.05) is 0 Å². The lowest BCUT2D eigenvalue weighted by molar-refractivity contribution is 0.586. The van der Waals surface area contributed by atoms with Gasteiger partial charge in [0.1, 0.15) is 17.5 Å². The smallest absolute Gasteiger partial charge is 0.134 e. The van der Waals surface area contributed by atoms with Gasteiger partial charge >= 0.3 is 0 Å². The number of hydrogen-bond donors (Lipinski definition) is 0. The maximum absolute atomic E-state index is 13.8. The molecule has 0 aliphatic carbocycles. The molecular weight excluding hydrogens is 261 g/mol. The maximum Gasteiger partial charge on any atom is 0.134 e. The molecule has 0 aromatic heterocycles. The lowest BCUT2D eigenvalue weighted by atomic mass is 10.0. The van der Waals surface area contributed by atoms with Crippen LogP contribution in [0.5, 0.6) is 0 Å². The summed E-state index contributed by atoms with van der Waals surface area (Å²) in [6.07, 6.45) is 0. The Hall–Kier alpha value is -1.48. The third-order valence-electron chi connectivity index (χ3n) is 2.76. The molecule has 0 heterocycles. The molecule has 0 saturated heterocycles. The largest absolute Gasteiger partial charge is 0.207 e. The Morgan fingerprint density at radius 1 is 0.833 bits per heavy atom. The first-order valence-corrected chi connectivity index (χ1v) is 5.69. The molecule has 0 amide bonds. The van der Waals surface area contributed by atoms with Gasteiger partial charge in [0.2, 0.25) is 0 Å². The summed E-state index contributed by atoms with van der Waals surface area (Å²) in [5.41, 5.74) is 0.556. The van der Waals surface area contributed by atoms with E-state index >= 15 is 0 Å². The summed E-state index contributed by atoms with van der Waals surface area (Å²) in [4.78, 5) is 0. The van der Waals surface area contributed by atoms with Crippen molar-refractivity contribution in [3.8, 4) is 11.1 Å². The van der Waals surface area contributed by atoms with E-state index in [4.69, 9.17) is 11.6 Å². The summed E-state index contributed by atoms with van der Waals surface area (Å²) >= 11 is 5.82. The van der Waals surface area contributed by atoms with Crippen LogP contribution in [0.25, 0.3) is 11.1 Å². The van der Waals surface area contributed by atoms with E-state index in [0.717, 1.165) is 6.07 Å². The van der Waals surface area contributed by atoms with Crippen molar-refractivity contribution >= 4 is 11.6 Å². The summed E-state index contributed by atoms with van der Waals surface area (Å²) in [6, 6.07) is 4.84. The Morgan fingerprint density at radius 2 is 1.39 bits per heavy atom. The average molecular weight is 271 g/mol. The molecule has 18 heavy (non-hydrogen) atoms. The molecule has 0 bridgehead atoms. The van der Waals surface area contributed by atoms with Crippen LogP contribution in [0, 0.1) is 31.3 Å². The van der Waals surface area contributed by atoms with Crippen LogP contribution < -0.4 is 0 Å². The number of aryl methyl sites for hydroxylation is 1. The van der Waals surface area contributed by atoms with Gasteiger partial charge in [0.25, 0.3) is 0 Å². The van der Waals surface area contributed by atoms with Crippen LogP contribution in [0.3, 0.4) is 0 Å². The highest BCUT2D eigenvalue weighted by Gasteiger charge is 2.15. The van der Waals surface area contributed by atoms with Crippen molar-refractivity contribution in [1.29, 1.82) is 0 Å². The van der Waals surface area contributed by atoms with Crippen LogP contribution in [0.2, 0.25) is 5.02 Å². The van der Waals surface area contributed by atoms with E-state index in [0.29, 0.717) is 5.56 Å². The van der Waals surface area contributed by atoms with Crippen LogP contribution in [-0.4, -0.2) is 0 Å². The zero-order chi connectivity index (χ0) is 13.4. The van der Waals surface area contributed by atoms with E-state index in [2.05, 4.69) is 0 Å². The second kappa shape index (κ2) is 4.65. The standard InChI is InChI=1S/C14H10ClF3/c1-7-3-12(17)14(13(18)4-7)9-5-10(15)8(2)11(16)6-9/h3-6H,1-2H3. The molecule has 0 atom stereocenters. The van der Waals surface area contributed by atoms with E-state index in [1.165, 1.54) is 25.1 Å². The quantitative estimate of drug-likeness (QED) is 0.681. The molecule has 0 aliphatic rings. The van der Waals surface area contributed by atoms with Gasteiger partial charge in [-0.1, -0.05) is 11.6 Å². The zero-order valence-electron chi connectivity index (χ0n) is 9.82. The monoisotopic (exact) mass is 270 g/mol. The molecule has 0 nitrogen and oxygen atoms in total. The molecular formula is C14H10ClF3. The molecule has 0 saturated carbocycles. The van der Waals surface area contributed by atoms with Gasteiger partial charge in [-0.25, -0.2) is 13.2 Å². The van der Waals surface area contributed by atoms with Crippen LogP contribution >= 0.6 is 11.6 Å². The molecule has 0 spiro atoms. The van der Waals surface area contributed by atoms with Crippen LogP contribution in [0.1, 0.15) is 11.1 Å². The van der Waals surface area contributed by atoms with Gasteiger partial charge < -0.3 is 0 Å². The minimum absolute atomic E-state index is 0.0955. The second-order valence-electron chi connectivity index (χ2n) is 4.17. The van der Waals surface area contributed by atoms with Gasteiger partial charge in [0.15, 0.2) is 0 Å². The van der Waals surface area contributed by atoms with E-state index in [-0.39, 0.29) is 21.7 Å². The third-order valence-corrected chi connectivity index (χ3v) is 3.15. The minimum Gasteiger partial charge on any atom is -0.207 e. The number of benzene rings is 2. The predicted octanol–water partition coefficient (Wildman–Crippen LogP) is 5.04. The number of hydrogen-bond acceptors (Lipinski definition) is 0. The topological polar surface area (TPSA) is 0 Å². The lowest BCUT2D eigenvalue weighted by Crippen LogP contribution is -1.94. The first-order valence-electron chi connectivity index (χ1n) is 5.32. The molecule has 0 N–H and O–H groups in total. The molecule has 2 aromatic rings. The molecule has 0 radical (unpaired) electrons. The molecule has 94 valence electrons.